The predicted octanol–water partition coefficient (Wildman–Crippen LogP) is 5.27. The fourth-order valence-corrected chi connectivity index (χ4v) is 2.89. The molecule has 1 heterocycles. The summed E-state index contributed by atoms with van der Waals surface area (Å²) in [5.74, 6) is 2.67. The summed E-state index contributed by atoms with van der Waals surface area (Å²) in [4.78, 5) is 9.15. The predicted molar refractivity (Wildman–Crippen MR) is 111 cm³/mol. The second-order valence-corrected chi connectivity index (χ2v) is 6.79. The molecule has 0 radical (unpaired) electrons. The van der Waals surface area contributed by atoms with Gasteiger partial charge >= 0.3 is 0 Å². The largest absolute Gasteiger partial charge is 0.497 e. The Hall–Kier alpha value is -3.08. The van der Waals surface area contributed by atoms with Crippen LogP contribution < -0.4 is 15.4 Å². The first-order chi connectivity index (χ1) is 13.0. The van der Waals surface area contributed by atoms with Crippen LogP contribution in [-0.4, -0.2) is 17.1 Å². The van der Waals surface area contributed by atoms with Gasteiger partial charge < -0.3 is 15.4 Å². The maximum Gasteiger partial charge on any atom is 0.229 e. The number of benzene rings is 2. The smallest absolute Gasteiger partial charge is 0.229 e. The molecule has 2 aromatic carbocycles. The van der Waals surface area contributed by atoms with E-state index in [2.05, 4.69) is 52.6 Å². The van der Waals surface area contributed by atoms with E-state index in [0.717, 1.165) is 28.5 Å². The molecule has 27 heavy (non-hydrogen) atoms. The molecule has 2 N–H and O–H groups in total. The minimum Gasteiger partial charge on any atom is -0.497 e. The Labute approximate surface area is 160 Å². The first-order valence-electron chi connectivity index (χ1n) is 9.13. The number of aromatic nitrogens is 2. The first-order valence-corrected chi connectivity index (χ1v) is 9.13. The van der Waals surface area contributed by atoms with Gasteiger partial charge in [-0.25, -0.2) is 4.98 Å². The molecule has 0 atom stereocenters. The lowest BCUT2D eigenvalue weighted by atomic mass is 10.0. The van der Waals surface area contributed by atoms with Gasteiger partial charge in [-0.1, -0.05) is 44.2 Å². The van der Waals surface area contributed by atoms with Crippen molar-refractivity contribution in [1.29, 1.82) is 0 Å². The highest BCUT2D eigenvalue weighted by Gasteiger charge is 2.08. The van der Waals surface area contributed by atoms with E-state index in [1.165, 1.54) is 5.56 Å². The number of ether oxygens (including phenoxy) is 1. The number of anilines is 3. The zero-order valence-corrected chi connectivity index (χ0v) is 16.3. The number of nitrogens with zero attached hydrogens (tertiary/aromatic N) is 2. The molecule has 3 aromatic rings. The molecule has 0 aliphatic rings. The molecule has 0 aliphatic carbocycles. The third-order valence-electron chi connectivity index (χ3n) is 4.32. The summed E-state index contributed by atoms with van der Waals surface area (Å²) in [6.45, 7) is 7.02. The maximum atomic E-state index is 5.20. The lowest BCUT2D eigenvalue weighted by Gasteiger charge is -2.15. The Morgan fingerprint density at radius 2 is 1.74 bits per heavy atom. The van der Waals surface area contributed by atoms with Gasteiger partial charge in [0.2, 0.25) is 5.95 Å². The fourth-order valence-electron chi connectivity index (χ4n) is 2.89. The van der Waals surface area contributed by atoms with Gasteiger partial charge in [-0.3, -0.25) is 0 Å². The van der Waals surface area contributed by atoms with Crippen LogP contribution in [0.15, 0.2) is 54.6 Å². The molecule has 0 saturated heterocycles. The molecule has 0 amide bonds. The molecule has 0 unspecified atom stereocenters. The Bertz CT molecular complexity index is 891. The number of para-hydroxylation sites is 1. The fraction of sp³-hybridized carbons (Fsp3) is 0.273. The lowest BCUT2D eigenvalue weighted by molar-refractivity contribution is 0.414. The Morgan fingerprint density at radius 3 is 2.44 bits per heavy atom. The third kappa shape index (κ3) is 4.97. The zero-order chi connectivity index (χ0) is 19.2. The van der Waals surface area contributed by atoms with Crippen molar-refractivity contribution in [3.8, 4) is 5.75 Å². The molecule has 0 fully saturated rings. The molecule has 0 saturated carbocycles. The van der Waals surface area contributed by atoms with Crippen molar-refractivity contribution >= 4 is 17.5 Å². The van der Waals surface area contributed by atoms with Crippen molar-refractivity contribution in [2.75, 3.05) is 17.7 Å². The van der Waals surface area contributed by atoms with E-state index >= 15 is 0 Å². The first kappa shape index (κ1) is 18.7. The lowest BCUT2D eigenvalue weighted by Crippen LogP contribution is -2.06. The normalized spacial score (nSPS) is 10.7. The Balaban J connectivity index is 1.74. The van der Waals surface area contributed by atoms with Crippen LogP contribution in [0.25, 0.3) is 0 Å². The Morgan fingerprint density at radius 1 is 1.00 bits per heavy atom. The highest BCUT2D eigenvalue weighted by atomic mass is 16.5. The summed E-state index contributed by atoms with van der Waals surface area (Å²) in [5.41, 5.74) is 4.35. The van der Waals surface area contributed by atoms with Gasteiger partial charge in [-0.15, -0.1) is 0 Å². The highest BCUT2D eigenvalue weighted by molar-refractivity contribution is 5.60. The maximum absolute atomic E-state index is 5.20. The van der Waals surface area contributed by atoms with Crippen LogP contribution in [0.5, 0.6) is 5.75 Å². The molecule has 1 aromatic heterocycles. The molecule has 3 rings (SSSR count). The molecular weight excluding hydrogens is 336 g/mol. The molecule has 0 aliphatic heterocycles. The number of hydrogen-bond acceptors (Lipinski definition) is 5. The van der Waals surface area contributed by atoms with Crippen LogP contribution >= 0.6 is 0 Å². The molecule has 140 valence electrons. The van der Waals surface area contributed by atoms with E-state index in [0.29, 0.717) is 18.4 Å². The van der Waals surface area contributed by atoms with Gasteiger partial charge in [-0.2, -0.15) is 4.98 Å². The summed E-state index contributed by atoms with van der Waals surface area (Å²) in [5, 5.41) is 6.74. The van der Waals surface area contributed by atoms with E-state index in [9.17, 15) is 0 Å². The van der Waals surface area contributed by atoms with Gasteiger partial charge in [-0.05, 0) is 42.2 Å². The second kappa shape index (κ2) is 8.54. The third-order valence-corrected chi connectivity index (χ3v) is 4.32. The number of rotatable bonds is 7. The molecule has 5 nitrogen and oxygen atoms in total. The van der Waals surface area contributed by atoms with Crippen LogP contribution in [0.2, 0.25) is 0 Å². The van der Waals surface area contributed by atoms with Gasteiger partial charge in [0.15, 0.2) is 0 Å². The number of nitrogens with one attached hydrogen (secondary N) is 2. The molecule has 0 bridgehead atoms. The monoisotopic (exact) mass is 362 g/mol. The van der Waals surface area contributed by atoms with Crippen LogP contribution in [0.3, 0.4) is 0 Å². The summed E-state index contributed by atoms with van der Waals surface area (Å²) in [6.07, 6.45) is 0. The minimum atomic E-state index is 0.422. The van der Waals surface area contributed by atoms with Crippen LogP contribution in [0.4, 0.5) is 17.5 Å². The molecule has 5 heteroatoms. The van der Waals surface area contributed by atoms with Crippen molar-refractivity contribution in [3.63, 3.8) is 0 Å². The molecular formula is C22H26N4O. The average Bonchev–Trinajstić information content (AvgIpc) is 2.66. The van der Waals surface area contributed by atoms with E-state index in [1.807, 2.05) is 43.3 Å². The topological polar surface area (TPSA) is 59.1 Å². The van der Waals surface area contributed by atoms with E-state index < -0.39 is 0 Å². The van der Waals surface area contributed by atoms with Crippen LogP contribution in [-0.2, 0) is 6.54 Å². The van der Waals surface area contributed by atoms with E-state index in [4.69, 9.17) is 4.74 Å². The highest BCUT2D eigenvalue weighted by Crippen LogP contribution is 2.26. The standard InChI is InChI=1S/C22H26N4O/c1-15(2)19-7-5-6-8-20(19)25-22-24-16(3)13-21(26-22)23-14-17-9-11-18(27-4)12-10-17/h5-13,15H,14H2,1-4H3,(H2,23,24,25,26). The van der Waals surface area contributed by atoms with Crippen molar-refractivity contribution in [3.05, 3.63) is 71.4 Å². The van der Waals surface area contributed by atoms with Crippen molar-refractivity contribution < 1.29 is 4.74 Å². The average molecular weight is 362 g/mol. The van der Waals surface area contributed by atoms with Gasteiger partial charge in [0, 0.05) is 24.0 Å². The van der Waals surface area contributed by atoms with Crippen molar-refractivity contribution in [1.82, 2.24) is 9.97 Å². The number of methoxy groups -OCH3 is 1. The van der Waals surface area contributed by atoms with Gasteiger partial charge in [0.05, 0.1) is 7.11 Å². The SMILES string of the molecule is COc1ccc(CNc2cc(C)nc(Nc3ccccc3C(C)C)n2)cc1. The summed E-state index contributed by atoms with van der Waals surface area (Å²) < 4.78 is 5.20. The summed E-state index contributed by atoms with van der Waals surface area (Å²) in [6, 6.07) is 18.2. The van der Waals surface area contributed by atoms with E-state index in [-0.39, 0.29) is 0 Å². The summed E-state index contributed by atoms with van der Waals surface area (Å²) >= 11 is 0. The van der Waals surface area contributed by atoms with Gasteiger partial charge in [0.1, 0.15) is 11.6 Å². The Kier molecular flexibility index (Phi) is 5.91. The quantitative estimate of drug-likeness (QED) is 0.599. The minimum absolute atomic E-state index is 0.422. The van der Waals surface area contributed by atoms with Crippen molar-refractivity contribution in [2.24, 2.45) is 0 Å². The number of aryl methyl sites for hydroxylation is 1. The zero-order valence-electron chi connectivity index (χ0n) is 16.3. The van der Waals surface area contributed by atoms with Crippen molar-refractivity contribution in [2.45, 2.75) is 33.2 Å². The number of hydrogen-bond donors (Lipinski definition) is 2. The van der Waals surface area contributed by atoms with Crippen LogP contribution in [0.1, 0.15) is 36.6 Å². The molecule has 0 spiro atoms. The van der Waals surface area contributed by atoms with Crippen LogP contribution in [0, 0.1) is 6.92 Å². The second-order valence-electron chi connectivity index (χ2n) is 6.79. The van der Waals surface area contributed by atoms with Gasteiger partial charge in [0.25, 0.3) is 0 Å². The van der Waals surface area contributed by atoms with E-state index in [1.54, 1.807) is 7.11 Å². The summed E-state index contributed by atoms with van der Waals surface area (Å²) in [7, 11) is 1.67.